The summed E-state index contributed by atoms with van der Waals surface area (Å²) in [5, 5.41) is 21.1. The highest BCUT2D eigenvalue weighted by Crippen LogP contribution is 2.40. The topological polar surface area (TPSA) is 90.3 Å². The Kier molecular flexibility index (Phi) is 7.41. The van der Waals surface area contributed by atoms with Crippen LogP contribution in [-0.4, -0.2) is 58.9 Å². The second kappa shape index (κ2) is 10.7. The van der Waals surface area contributed by atoms with Gasteiger partial charge in [-0.05, 0) is 68.0 Å². The number of carbonyl (C=O) groups excluding carboxylic acids is 2. The molecule has 1 aliphatic rings. The fourth-order valence-corrected chi connectivity index (χ4v) is 4.30. The fourth-order valence-electron chi connectivity index (χ4n) is 4.30. The zero-order chi connectivity index (χ0) is 25.8. The van der Waals surface area contributed by atoms with E-state index in [1.807, 2.05) is 56.3 Å². The molecular formula is C29H30N2O5. The zero-order valence-electron chi connectivity index (χ0n) is 20.6. The summed E-state index contributed by atoms with van der Waals surface area (Å²) in [4.78, 5) is 29.6. The Balaban J connectivity index is 1.70. The number of likely N-dealkylation sites (tertiary alicyclic amines) is 1. The van der Waals surface area contributed by atoms with E-state index in [2.05, 4.69) is 0 Å². The molecule has 1 saturated heterocycles. The largest absolute Gasteiger partial charge is 0.508 e. The summed E-state index contributed by atoms with van der Waals surface area (Å²) in [6, 6.07) is 20.6. The number of carbonyl (C=O) groups is 2. The number of aryl methyl sites for hydroxylation is 1. The molecular weight excluding hydrogens is 456 g/mol. The van der Waals surface area contributed by atoms with Crippen molar-refractivity contribution in [1.29, 1.82) is 0 Å². The SMILES string of the molecule is Cc1cc(OCc2ccccc2)ccc1/C(O)=C1\C(=O)C(=O)N(CCN(C)C)C1c1ccc(O)cc1. The highest BCUT2D eigenvalue weighted by molar-refractivity contribution is 6.46. The maximum Gasteiger partial charge on any atom is 0.295 e. The monoisotopic (exact) mass is 486 g/mol. The summed E-state index contributed by atoms with van der Waals surface area (Å²) < 4.78 is 5.89. The molecule has 4 rings (SSSR count). The van der Waals surface area contributed by atoms with E-state index in [1.54, 1.807) is 30.3 Å². The second-order valence-corrected chi connectivity index (χ2v) is 9.14. The highest BCUT2D eigenvalue weighted by atomic mass is 16.5. The van der Waals surface area contributed by atoms with Crippen LogP contribution in [0.1, 0.15) is 28.3 Å². The lowest BCUT2D eigenvalue weighted by molar-refractivity contribution is -0.140. The van der Waals surface area contributed by atoms with Gasteiger partial charge in [0.05, 0.1) is 11.6 Å². The molecule has 7 heteroatoms. The molecule has 2 N–H and O–H groups in total. The van der Waals surface area contributed by atoms with Gasteiger partial charge < -0.3 is 24.7 Å². The van der Waals surface area contributed by atoms with Gasteiger partial charge in [0.2, 0.25) is 0 Å². The number of likely N-dealkylation sites (N-methyl/N-ethyl adjacent to an activating group) is 1. The summed E-state index contributed by atoms with van der Waals surface area (Å²) >= 11 is 0. The molecule has 0 bridgehead atoms. The van der Waals surface area contributed by atoms with E-state index in [0.717, 1.165) is 5.56 Å². The zero-order valence-corrected chi connectivity index (χ0v) is 20.6. The minimum absolute atomic E-state index is 0.0329. The van der Waals surface area contributed by atoms with Gasteiger partial charge in [0.15, 0.2) is 0 Å². The third-order valence-electron chi connectivity index (χ3n) is 6.24. The van der Waals surface area contributed by atoms with Crippen molar-refractivity contribution >= 4 is 17.4 Å². The molecule has 0 spiro atoms. The third-order valence-corrected chi connectivity index (χ3v) is 6.24. The number of aliphatic hydroxyl groups is 1. The van der Waals surface area contributed by atoms with Crippen molar-refractivity contribution in [3.8, 4) is 11.5 Å². The number of nitrogens with zero attached hydrogens (tertiary/aromatic N) is 2. The van der Waals surface area contributed by atoms with Crippen LogP contribution in [0.5, 0.6) is 11.5 Å². The summed E-state index contributed by atoms with van der Waals surface area (Å²) in [6.45, 7) is 3.09. The molecule has 1 amide bonds. The van der Waals surface area contributed by atoms with Crippen molar-refractivity contribution in [2.45, 2.75) is 19.6 Å². The lowest BCUT2D eigenvalue weighted by Gasteiger charge is -2.26. The Morgan fingerprint density at radius 3 is 2.33 bits per heavy atom. The van der Waals surface area contributed by atoms with Crippen molar-refractivity contribution < 1.29 is 24.5 Å². The number of benzene rings is 3. The van der Waals surface area contributed by atoms with Gasteiger partial charge in [-0.15, -0.1) is 0 Å². The number of Topliss-reactive ketones (excluding diaryl/α,β-unsaturated/α-hetero) is 1. The quantitative estimate of drug-likeness (QED) is 0.281. The van der Waals surface area contributed by atoms with Crippen LogP contribution >= 0.6 is 0 Å². The molecule has 0 radical (unpaired) electrons. The lowest BCUT2D eigenvalue weighted by Crippen LogP contribution is -2.35. The number of rotatable bonds is 8. The Hall–Kier alpha value is -4.10. The summed E-state index contributed by atoms with van der Waals surface area (Å²) in [5.41, 5.74) is 2.87. The number of phenolic OH excluding ortho intramolecular Hbond substituents is 1. The van der Waals surface area contributed by atoms with Crippen molar-refractivity contribution in [3.05, 3.63) is 101 Å². The number of hydrogen-bond acceptors (Lipinski definition) is 6. The predicted octanol–water partition coefficient (Wildman–Crippen LogP) is 4.26. The van der Waals surface area contributed by atoms with E-state index in [9.17, 15) is 19.8 Å². The van der Waals surface area contributed by atoms with E-state index in [0.29, 0.717) is 42.1 Å². The summed E-state index contributed by atoms with van der Waals surface area (Å²) in [7, 11) is 3.77. The Bertz CT molecular complexity index is 1280. The first-order chi connectivity index (χ1) is 17.3. The first-order valence-electron chi connectivity index (χ1n) is 11.8. The van der Waals surface area contributed by atoms with Gasteiger partial charge in [-0.25, -0.2) is 0 Å². The van der Waals surface area contributed by atoms with Crippen LogP contribution in [0.25, 0.3) is 5.76 Å². The van der Waals surface area contributed by atoms with Crippen LogP contribution in [0.15, 0.2) is 78.4 Å². The smallest absolute Gasteiger partial charge is 0.295 e. The Morgan fingerprint density at radius 1 is 1.00 bits per heavy atom. The minimum atomic E-state index is -0.765. The number of amides is 1. The lowest BCUT2D eigenvalue weighted by atomic mass is 9.94. The number of ether oxygens (including phenoxy) is 1. The molecule has 1 unspecified atom stereocenters. The molecule has 0 aromatic heterocycles. The fraction of sp³-hybridized carbons (Fsp3) is 0.241. The van der Waals surface area contributed by atoms with Gasteiger partial charge in [-0.3, -0.25) is 9.59 Å². The average Bonchev–Trinajstić information content (AvgIpc) is 3.12. The minimum Gasteiger partial charge on any atom is -0.508 e. The van der Waals surface area contributed by atoms with Gasteiger partial charge in [-0.2, -0.15) is 0 Å². The molecule has 1 fully saturated rings. The van der Waals surface area contributed by atoms with Gasteiger partial charge >= 0.3 is 0 Å². The van der Waals surface area contributed by atoms with E-state index >= 15 is 0 Å². The van der Waals surface area contributed by atoms with Crippen molar-refractivity contribution in [2.24, 2.45) is 0 Å². The van der Waals surface area contributed by atoms with E-state index < -0.39 is 17.7 Å². The average molecular weight is 487 g/mol. The van der Waals surface area contributed by atoms with Gasteiger partial charge in [0.25, 0.3) is 11.7 Å². The first kappa shape index (κ1) is 25.0. The number of aliphatic hydroxyl groups excluding tert-OH is 1. The van der Waals surface area contributed by atoms with Crippen LogP contribution in [0.4, 0.5) is 0 Å². The normalized spacial score (nSPS) is 17.1. The number of hydrogen-bond donors (Lipinski definition) is 2. The molecule has 1 heterocycles. The van der Waals surface area contributed by atoms with Crippen molar-refractivity contribution in [3.63, 3.8) is 0 Å². The maximum atomic E-state index is 13.2. The van der Waals surface area contributed by atoms with E-state index in [4.69, 9.17) is 4.74 Å². The molecule has 36 heavy (non-hydrogen) atoms. The highest BCUT2D eigenvalue weighted by Gasteiger charge is 2.46. The van der Waals surface area contributed by atoms with Gasteiger partial charge in [0.1, 0.15) is 23.9 Å². The second-order valence-electron chi connectivity index (χ2n) is 9.14. The van der Waals surface area contributed by atoms with E-state index in [-0.39, 0.29) is 17.1 Å². The van der Waals surface area contributed by atoms with Crippen LogP contribution < -0.4 is 4.74 Å². The number of aromatic hydroxyl groups is 1. The van der Waals surface area contributed by atoms with Crippen molar-refractivity contribution in [1.82, 2.24) is 9.80 Å². The molecule has 0 aliphatic carbocycles. The van der Waals surface area contributed by atoms with E-state index in [1.165, 1.54) is 17.0 Å². The Morgan fingerprint density at radius 2 is 1.69 bits per heavy atom. The van der Waals surface area contributed by atoms with Crippen LogP contribution in [0.3, 0.4) is 0 Å². The Labute approximate surface area is 210 Å². The summed E-state index contributed by atoms with van der Waals surface area (Å²) in [5.74, 6) is -0.906. The maximum absolute atomic E-state index is 13.2. The third kappa shape index (κ3) is 5.26. The number of phenols is 1. The standard InChI is InChI=1S/C29H30N2O5/c1-19-17-23(36-18-20-7-5-4-6-8-20)13-14-24(19)27(33)25-26(21-9-11-22(32)12-10-21)31(16-15-30(2)3)29(35)28(25)34/h4-14,17,26,32-33H,15-16,18H2,1-3H3/b27-25+. The molecule has 1 atom stereocenters. The molecule has 1 aliphatic heterocycles. The first-order valence-corrected chi connectivity index (χ1v) is 11.8. The molecule has 3 aromatic rings. The molecule has 0 saturated carbocycles. The molecule has 7 nitrogen and oxygen atoms in total. The molecule has 186 valence electrons. The van der Waals surface area contributed by atoms with Gasteiger partial charge in [0, 0.05) is 18.7 Å². The van der Waals surface area contributed by atoms with Crippen LogP contribution in [-0.2, 0) is 16.2 Å². The summed E-state index contributed by atoms with van der Waals surface area (Å²) in [6.07, 6.45) is 0. The molecule has 3 aromatic carbocycles. The predicted molar refractivity (Wildman–Crippen MR) is 138 cm³/mol. The van der Waals surface area contributed by atoms with Gasteiger partial charge in [-0.1, -0.05) is 42.5 Å². The van der Waals surface area contributed by atoms with Crippen LogP contribution in [0.2, 0.25) is 0 Å². The number of ketones is 1. The van der Waals surface area contributed by atoms with Crippen LogP contribution in [0, 0.1) is 6.92 Å². The van der Waals surface area contributed by atoms with Crippen molar-refractivity contribution in [2.75, 3.05) is 27.2 Å².